The van der Waals surface area contributed by atoms with Crippen LogP contribution in [-0.2, 0) is 4.79 Å². The highest BCUT2D eigenvalue weighted by atomic mass is 79.9. The van der Waals surface area contributed by atoms with Crippen LogP contribution in [0.25, 0.3) is 5.52 Å². The van der Waals surface area contributed by atoms with Gasteiger partial charge in [-0.3, -0.25) is 14.0 Å². The molecule has 0 unspecified atom stereocenters. The predicted octanol–water partition coefficient (Wildman–Crippen LogP) is 1.97. The van der Waals surface area contributed by atoms with Crippen molar-refractivity contribution in [1.29, 1.82) is 0 Å². The van der Waals surface area contributed by atoms with Gasteiger partial charge in [-0.2, -0.15) is 0 Å². The van der Waals surface area contributed by atoms with Gasteiger partial charge in [0, 0.05) is 37.6 Å². The van der Waals surface area contributed by atoms with Crippen molar-refractivity contribution in [2.75, 3.05) is 31.1 Å². The number of piperazine rings is 1. The van der Waals surface area contributed by atoms with E-state index in [2.05, 4.69) is 25.8 Å². The lowest BCUT2D eigenvalue weighted by atomic mass is 10.1. The molecule has 1 aliphatic rings. The topological polar surface area (TPSA) is 57.9 Å². The number of pyridine rings is 1. The summed E-state index contributed by atoms with van der Waals surface area (Å²) in [5.74, 6) is 0.960. The Morgan fingerprint density at radius 3 is 2.45 bits per heavy atom. The average molecular weight is 365 g/mol. The normalized spacial score (nSPS) is 15.4. The van der Waals surface area contributed by atoms with Gasteiger partial charge in [0.1, 0.15) is 12.1 Å². The molecule has 1 aliphatic heterocycles. The number of carbonyl (C=O) groups is 2. The summed E-state index contributed by atoms with van der Waals surface area (Å²) in [7, 11) is 0. The summed E-state index contributed by atoms with van der Waals surface area (Å²) in [6.45, 7) is 5.89. The number of rotatable bonds is 2. The number of aromatic nitrogens is 2. The fraction of sp³-hybridized carbons (Fsp3) is 0.400. The number of nitrogens with zero attached hydrogens (tertiary/aromatic N) is 4. The molecule has 2 aromatic rings. The Morgan fingerprint density at radius 2 is 1.86 bits per heavy atom. The maximum absolute atomic E-state index is 12.1. The zero-order valence-electron chi connectivity index (χ0n) is 12.5. The standard InChI is InChI=1S/C15H17BrN4O2/c1-10(21)12-7-13(16)14-8-17-9-20(14)15(12)19-5-3-18(4-6-19)11(2)22/h7-9H,3-6H2,1-2H3. The second-order valence-electron chi connectivity index (χ2n) is 5.43. The Kier molecular flexibility index (Phi) is 3.90. The minimum atomic E-state index is 0.0142. The molecule has 0 bridgehead atoms. The molecule has 3 rings (SSSR count). The first-order valence-electron chi connectivity index (χ1n) is 7.15. The maximum atomic E-state index is 12.1. The van der Waals surface area contributed by atoms with E-state index in [4.69, 9.17) is 0 Å². The third kappa shape index (κ3) is 2.49. The van der Waals surface area contributed by atoms with Crippen LogP contribution in [0.5, 0.6) is 0 Å². The first-order chi connectivity index (χ1) is 10.5. The van der Waals surface area contributed by atoms with Crippen LogP contribution in [0.3, 0.4) is 0 Å². The molecule has 0 N–H and O–H groups in total. The van der Waals surface area contributed by atoms with Gasteiger partial charge in [-0.05, 0) is 28.9 Å². The van der Waals surface area contributed by atoms with Crippen LogP contribution in [0.15, 0.2) is 23.1 Å². The molecule has 2 aromatic heterocycles. The molecule has 0 aromatic carbocycles. The zero-order valence-corrected chi connectivity index (χ0v) is 14.1. The minimum Gasteiger partial charge on any atom is -0.354 e. The fourth-order valence-corrected chi connectivity index (χ4v) is 3.37. The molecule has 7 heteroatoms. The van der Waals surface area contributed by atoms with E-state index in [1.54, 1.807) is 26.4 Å². The van der Waals surface area contributed by atoms with Crippen molar-refractivity contribution in [1.82, 2.24) is 14.3 Å². The lowest BCUT2D eigenvalue weighted by molar-refractivity contribution is -0.129. The monoisotopic (exact) mass is 364 g/mol. The SMILES string of the molecule is CC(=O)c1cc(Br)c2cncn2c1N1CCN(C(C)=O)CC1. The predicted molar refractivity (Wildman–Crippen MR) is 87.4 cm³/mol. The van der Waals surface area contributed by atoms with Crippen molar-refractivity contribution in [3.05, 3.63) is 28.6 Å². The molecule has 1 amide bonds. The number of imidazole rings is 1. The van der Waals surface area contributed by atoms with Gasteiger partial charge in [0.2, 0.25) is 5.91 Å². The summed E-state index contributed by atoms with van der Waals surface area (Å²) < 4.78 is 2.78. The molecule has 1 saturated heterocycles. The van der Waals surface area contributed by atoms with Crippen molar-refractivity contribution in [2.24, 2.45) is 0 Å². The smallest absolute Gasteiger partial charge is 0.219 e. The van der Waals surface area contributed by atoms with Gasteiger partial charge in [0.25, 0.3) is 0 Å². The Morgan fingerprint density at radius 1 is 1.18 bits per heavy atom. The van der Waals surface area contributed by atoms with Gasteiger partial charge in [0.15, 0.2) is 5.78 Å². The zero-order chi connectivity index (χ0) is 15.9. The largest absolute Gasteiger partial charge is 0.354 e. The molecule has 0 atom stereocenters. The quantitative estimate of drug-likeness (QED) is 0.764. The summed E-state index contributed by atoms with van der Waals surface area (Å²) in [6, 6.07) is 1.85. The number of hydrogen-bond donors (Lipinski definition) is 0. The molecular weight excluding hydrogens is 348 g/mol. The molecule has 0 spiro atoms. The van der Waals surface area contributed by atoms with Crippen LogP contribution in [-0.4, -0.2) is 52.2 Å². The van der Waals surface area contributed by atoms with E-state index in [-0.39, 0.29) is 11.7 Å². The summed E-state index contributed by atoms with van der Waals surface area (Å²) in [5, 5.41) is 0. The van der Waals surface area contributed by atoms with E-state index in [0.717, 1.165) is 15.8 Å². The van der Waals surface area contributed by atoms with Crippen LogP contribution in [0.2, 0.25) is 0 Å². The molecule has 0 saturated carbocycles. The first-order valence-corrected chi connectivity index (χ1v) is 7.94. The summed E-state index contributed by atoms with van der Waals surface area (Å²) in [4.78, 5) is 31.7. The second kappa shape index (κ2) is 5.72. The molecular formula is C15H17BrN4O2. The van der Waals surface area contributed by atoms with E-state index in [1.807, 2.05) is 15.4 Å². The number of Topliss-reactive ketones (excluding diaryl/α,β-unsaturated/α-hetero) is 1. The highest BCUT2D eigenvalue weighted by Crippen LogP contribution is 2.30. The number of ketones is 1. The summed E-state index contributed by atoms with van der Waals surface area (Å²) >= 11 is 3.50. The minimum absolute atomic E-state index is 0.0142. The van der Waals surface area contributed by atoms with Gasteiger partial charge in [0.05, 0.1) is 17.3 Å². The number of halogens is 1. The average Bonchev–Trinajstić information content (AvgIpc) is 2.97. The van der Waals surface area contributed by atoms with Gasteiger partial charge < -0.3 is 9.80 Å². The van der Waals surface area contributed by atoms with Gasteiger partial charge in [-0.1, -0.05) is 0 Å². The van der Waals surface area contributed by atoms with E-state index in [0.29, 0.717) is 31.7 Å². The number of fused-ring (bicyclic) bond motifs is 1. The van der Waals surface area contributed by atoms with Crippen molar-refractivity contribution in [3.63, 3.8) is 0 Å². The number of carbonyl (C=O) groups excluding carboxylic acids is 2. The Hall–Kier alpha value is -1.89. The highest BCUT2D eigenvalue weighted by Gasteiger charge is 2.24. The van der Waals surface area contributed by atoms with Gasteiger partial charge >= 0.3 is 0 Å². The third-order valence-electron chi connectivity index (χ3n) is 4.03. The van der Waals surface area contributed by atoms with Crippen LogP contribution < -0.4 is 4.90 Å². The van der Waals surface area contributed by atoms with Gasteiger partial charge in [-0.15, -0.1) is 0 Å². The second-order valence-corrected chi connectivity index (χ2v) is 6.28. The van der Waals surface area contributed by atoms with Crippen molar-refractivity contribution < 1.29 is 9.59 Å². The number of anilines is 1. The lowest BCUT2D eigenvalue weighted by Gasteiger charge is -2.36. The Balaban J connectivity index is 2.04. The van der Waals surface area contributed by atoms with Crippen molar-refractivity contribution in [3.8, 4) is 0 Å². The molecule has 3 heterocycles. The van der Waals surface area contributed by atoms with Crippen LogP contribution in [0.4, 0.5) is 5.82 Å². The molecule has 22 heavy (non-hydrogen) atoms. The van der Waals surface area contributed by atoms with Gasteiger partial charge in [-0.25, -0.2) is 4.98 Å². The van der Waals surface area contributed by atoms with E-state index >= 15 is 0 Å². The molecule has 0 radical (unpaired) electrons. The van der Waals surface area contributed by atoms with E-state index in [9.17, 15) is 9.59 Å². The third-order valence-corrected chi connectivity index (χ3v) is 4.66. The van der Waals surface area contributed by atoms with Crippen LogP contribution in [0.1, 0.15) is 24.2 Å². The summed E-state index contributed by atoms with van der Waals surface area (Å²) in [5.41, 5.74) is 1.59. The molecule has 0 aliphatic carbocycles. The maximum Gasteiger partial charge on any atom is 0.219 e. The van der Waals surface area contributed by atoms with Crippen LogP contribution in [0, 0.1) is 0 Å². The van der Waals surface area contributed by atoms with Crippen LogP contribution >= 0.6 is 15.9 Å². The molecule has 116 valence electrons. The fourth-order valence-electron chi connectivity index (χ4n) is 2.85. The highest BCUT2D eigenvalue weighted by molar-refractivity contribution is 9.10. The number of amides is 1. The Labute approximate surface area is 136 Å². The van der Waals surface area contributed by atoms with E-state index < -0.39 is 0 Å². The molecule has 1 fully saturated rings. The lowest BCUT2D eigenvalue weighted by Crippen LogP contribution is -2.49. The summed E-state index contributed by atoms with van der Waals surface area (Å²) in [6.07, 6.45) is 3.49. The molecule has 6 nitrogen and oxygen atoms in total. The Bertz CT molecular complexity index is 747. The van der Waals surface area contributed by atoms with E-state index in [1.165, 1.54) is 0 Å². The number of hydrogen-bond acceptors (Lipinski definition) is 4. The van der Waals surface area contributed by atoms with Crippen molar-refractivity contribution >= 4 is 39.0 Å². The van der Waals surface area contributed by atoms with Crippen molar-refractivity contribution in [2.45, 2.75) is 13.8 Å². The first kappa shape index (κ1) is 15.0.